The number of rotatable bonds is 3. The van der Waals surface area contributed by atoms with E-state index in [9.17, 15) is 9.59 Å². The Kier molecular flexibility index (Phi) is 3.70. The number of hydrogen-bond donors (Lipinski definition) is 0. The van der Waals surface area contributed by atoms with Gasteiger partial charge in [0.15, 0.2) is 0 Å². The minimum Gasteiger partial charge on any atom is -0.360 e. The van der Waals surface area contributed by atoms with Crippen molar-refractivity contribution in [1.82, 2.24) is 19.8 Å². The molecule has 6 rings (SSSR count). The van der Waals surface area contributed by atoms with E-state index in [1.165, 1.54) is 12.8 Å². The first-order valence-corrected chi connectivity index (χ1v) is 10.9. The molecule has 1 spiro atoms. The maximum atomic E-state index is 13.6. The van der Waals surface area contributed by atoms with Gasteiger partial charge >= 0.3 is 0 Å². The van der Waals surface area contributed by atoms with Crippen LogP contribution in [0.5, 0.6) is 0 Å². The Balaban J connectivity index is 1.26. The lowest BCUT2D eigenvalue weighted by Crippen LogP contribution is -2.45. The maximum Gasteiger partial charge on any atom is 0.230 e. The van der Waals surface area contributed by atoms with Crippen LogP contribution >= 0.6 is 0 Å². The molecule has 2 bridgehead atoms. The summed E-state index contributed by atoms with van der Waals surface area (Å²) in [5.41, 5.74) is 1.34. The lowest BCUT2D eigenvalue weighted by atomic mass is 9.76. The van der Waals surface area contributed by atoms with E-state index in [1.54, 1.807) is 0 Å². The van der Waals surface area contributed by atoms with Crippen LogP contribution in [0.4, 0.5) is 0 Å². The maximum absolute atomic E-state index is 13.6. The molecule has 4 atom stereocenters. The van der Waals surface area contributed by atoms with Gasteiger partial charge in [0.2, 0.25) is 11.8 Å². The van der Waals surface area contributed by atoms with Crippen LogP contribution in [0.3, 0.4) is 0 Å². The molecule has 2 amide bonds. The molecular weight excluding hydrogens is 368 g/mol. The largest absolute Gasteiger partial charge is 0.360 e. The van der Waals surface area contributed by atoms with Gasteiger partial charge in [0, 0.05) is 30.8 Å². The number of ether oxygens (including phenoxy) is 1. The number of carbonyl (C=O) groups is 2. The molecule has 29 heavy (non-hydrogen) atoms. The van der Waals surface area contributed by atoms with Gasteiger partial charge in [0.1, 0.15) is 11.4 Å². The molecule has 2 saturated heterocycles. The smallest absolute Gasteiger partial charge is 0.230 e. The highest BCUT2D eigenvalue weighted by Gasteiger charge is 2.67. The van der Waals surface area contributed by atoms with Crippen LogP contribution in [0.15, 0.2) is 18.3 Å². The summed E-state index contributed by atoms with van der Waals surface area (Å²) >= 11 is 0. The Morgan fingerprint density at radius 3 is 2.93 bits per heavy atom. The van der Waals surface area contributed by atoms with Gasteiger partial charge in [0.05, 0.1) is 36.7 Å². The average molecular weight is 394 g/mol. The van der Waals surface area contributed by atoms with Crippen molar-refractivity contribution in [1.29, 1.82) is 0 Å². The Bertz CT molecular complexity index is 925. The molecule has 1 aromatic rings. The van der Waals surface area contributed by atoms with E-state index in [0.717, 1.165) is 36.3 Å². The monoisotopic (exact) mass is 394 g/mol. The number of amides is 2. The zero-order valence-electron chi connectivity index (χ0n) is 16.7. The summed E-state index contributed by atoms with van der Waals surface area (Å²) in [7, 11) is 0. The van der Waals surface area contributed by atoms with Gasteiger partial charge in [-0.05, 0) is 12.8 Å². The summed E-state index contributed by atoms with van der Waals surface area (Å²) in [6.45, 7) is 3.64. The first kappa shape index (κ1) is 17.6. The highest BCUT2D eigenvalue weighted by atomic mass is 16.5. The Labute approximate surface area is 170 Å². The first-order valence-electron chi connectivity index (χ1n) is 10.9. The number of carbonyl (C=O) groups excluding carboxylic acids is 2. The van der Waals surface area contributed by atoms with Gasteiger partial charge in [-0.25, -0.2) is 9.97 Å². The van der Waals surface area contributed by atoms with Crippen LogP contribution in [0, 0.1) is 11.8 Å². The minimum atomic E-state index is -0.605. The summed E-state index contributed by atoms with van der Waals surface area (Å²) in [5.74, 6) is 0.135. The van der Waals surface area contributed by atoms with Crippen molar-refractivity contribution in [3.63, 3.8) is 0 Å². The number of likely N-dealkylation sites (tertiary alicyclic amines) is 1. The second-order valence-electron chi connectivity index (χ2n) is 9.11. The zero-order valence-corrected chi connectivity index (χ0v) is 16.7. The Morgan fingerprint density at radius 2 is 2.14 bits per heavy atom. The number of fused-ring (bicyclic) bond motifs is 2. The van der Waals surface area contributed by atoms with Crippen LogP contribution in [0.25, 0.3) is 0 Å². The molecule has 3 fully saturated rings. The van der Waals surface area contributed by atoms with Crippen LogP contribution < -0.4 is 0 Å². The van der Waals surface area contributed by atoms with Crippen molar-refractivity contribution in [3.8, 4) is 0 Å². The van der Waals surface area contributed by atoms with E-state index in [0.29, 0.717) is 25.7 Å². The number of aromatic nitrogens is 2. The SMILES string of the molecule is CCc1ncc2c(n1)CN(C(=O)[C@H]1[C@@H]3C=C[C@@]4(CN(C5CCCC5)C(=O)[C@@H]14)O3)C2. The Morgan fingerprint density at radius 1 is 1.31 bits per heavy atom. The standard InChI is InChI=1S/C22H26N4O3/c1-2-17-23-9-13-10-25(11-15(13)24-17)20(27)18-16-7-8-22(29-16)12-26(21(28)19(18)22)14-5-3-4-6-14/h7-9,14,16,18-19H,2-6,10-12H2,1H3/t16-,18-,19+,22-/m0/s1. The quantitative estimate of drug-likeness (QED) is 0.728. The third-order valence-corrected chi connectivity index (χ3v) is 7.51. The molecule has 1 saturated carbocycles. The third kappa shape index (κ3) is 2.40. The molecule has 0 N–H and O–H groups in total. The molecule has 7 nitrogen and oxygen atoms in total. The van der Waals surface area contributed by atoms with Crippen molar-refractivity contribution in [3.05, 3.63) is 35.4 Å². The topological polar surface area (TPSA) is 75.6 Å². The highest BCUT2D eigenvalue weighted by molar-refractivity contribution is 5.93. The molecular formula is C22H26N4O3. The minimum absolute atomic E-state index is 0.0175. The molecule has 152 valence electrons. The molecule has 0 unspecified atom stereocenters. The molecule has 5 heterocycles. The van der Waals surface area contributed by atoms with Crippen LogP contribution in [-0.4, -0.2) is 55.9 Å². The normalized spacial score (nSPS) is 35.1. The van der Waals surface area contributed by atoms with Gasteiger partial charge in [-0.1, -0.05) is 31.9 Å². The fourth-order valence-electron chi connectivity index (χ4n) is 6.07. The lowest BCUT2D eigenvalue weighted by Gasteiger charge is -2.28. The molecule has 0 aromatic carbocycles. The summed E-state index contributed by atoms with van der Waals surface area (Å²) < 4.78 is 6.30. The van der Waals surface area contributed by atoms with Crippen LogP contribution in [-0.2, 0) is 33.8 Å². The fraction of sp³-hybridized carbons (Fsp3) is 0.636. The van der Waals surface area contributed by atoms with E-state index >= 15 is 0 Å². The van der Waals surface area contributed by atoms with Crippen molar-refractivity contribution in [2.75, 3.05) is 6.54 Å². The van der Waals surface area contributed by atoms with Crippen LogP contribution in [0.1, 0.15) is 49.7 Å². The van der Waals surface area contributed by atoms with E-state index in [1.807, 2.05) is 29.0 Å². The van der Waals surface area contributed by atoms with Crippen molar-refractivity contribution < 1.29 is 14.3 Å². The summed E-state index contributed by atoms with van der Waals surface area (Å²) in [6.07, 6.45) is 10.9. The number of hydrogen-bond acceptors (Lipinski definition) is 5. The molecule has 0 radical (unpaired) electrons. The number of aryl methyl sites for hydroxylation is 1. The van der Waals surface area contributed by atoms with Gasteiger partial charge in [0.25, 0.3) is 0 Å². The molecule has 5 aliphatic rings. The van der Waals surface area contributed by atoms with E-state index in [2.05, 4.69) is 16.0 Å². The van der Waals surface area contributed by atoms with Gasteiger partial charge < -0.3 is 14.5 Å². The lowest BCUT2D eigenvalue weighted by molar-refractivity contribution is -0.144. The highest BCUT2D eigenvalue weighted by Crippen LogP contribution is 2.53. The fourth-order valence-corrected chi connectivity index (χ4v) is 6.07. The van der Waals surface area contributed by atoms with Crippen molar-refractivity contribution in [2.45, 2.75) is 69.9 Å². The predicted octanol–water partition coefficient (Wildman–Crippen LogP) is 1.61. The first-order chi connectivity index (χ1) is 14.1. The number of nitrogens with zero attached hydrogens (tertiary/aromatic N) is 4. The molecule has 1 aliphatic carbocycles. The van der Waals surface area contributed by atoms with Crippen LogP contribution in [0.2, 0.25) is 0 Å². The van der Waals surface area contributed by atoms with Gasteiger partial charge in [-0.3, -0.25) is 9.59 Å². The predicted molar refractivity (Wildman–Crippen MR) is 103 cm³/mol. The molecule has 1 aromatic heterocycles. The second kappa shape index (κ2) is 6.11. The zero-order chi connectivity index (χ0) is 19.8. The van der Waals surface area contributed by atoms with E-state index < -0.39 is 11.5 Å². The van der Waals surface area contributed by atoms with Gasteiger partial charge in [-0.15, -0.1) is 0 Å². The van der Waals surface area contributed by atoms with E-state index in [-0.39, 0.29) is 23.8 Å². The second-order valence-corrected chi connectivity index (χ2v) is 9.11. The summed E-state index contributed by atoms with van der Waals surface area (Å²) in [4.78, 5) is 39.8. The Hall–Kier alpha value is -2.28. The van der Waals surface area contributed by atoms with E-state index in [4.69, 9.17) is 4.74 Å². The summed E-state index contributed by atoms with van der Waals surface area (Å²) in [5, 5.41) is 0. The summed E-state index contributed by atoms with van der Waals surface area (Å²) in [6, 6.07) is 0.313. The molecule has 4 aliphatic heterocycles. The van der Waals surface area contributed by atoms with Crippen molar-refractivity contribution in [2.24, 2.45) is 11.8 Å². The molecule has 7 heteroatoms. The third-order valence-electron chi connectivity index (χ3n) is 7.51. The average Bonchev–Trinajstić information content (AvgIpc) is 3.52. The van der Waals surface area contributed by atoms with Crippen molar-refractivity contribution >= 4 is 11.8 Å². The van der Waals surface area contributed by atoms with Gasteiger partial charge in [-0.2, -0.15) is 0 Å².